The summed E-state index contributed by atoms with van der Waals surface area (Å²) in [5.41, 5.74) is 1.60. The molecule has 0 spiro atoms. The molecule has 0 unspecified atom stereocenters. The number of nitrogens with zero attached hydrogens (tertiary/aromatic N) is 2. The molecule has 2 saturated carbocycles. The second kappa shape index (κ2) is 7.40. The highest BCUT2D eigenvalue weighted by atomic mass is 32.2. The van der Waals surface area contributed by atoms with Crippen LogP contribution in [0.5, 0.6) is 0 Å². The van der Waals surface area contributed by atoms with Gasteiger partial charge in [0.15, 0.2) is 0 Å². The van der Waals surface area contributed by atoms with Crippen molar-refractivity contribution < 1.29 is 23.1 Å². The monoisotopic (exact) mass is 420 g/mol. The molecular formula is C21H28N2O5S. The lowest BCUT2D eigenvalue weighted by molar-refractivity contribution is -0.153. The van der Waals surface area contributed by atoms with E-state index in [1.165, 1.54) is 4.31 Å². The van der Waals surface area contributed by atoms with Crippen LogP contribution in [0.2, 0.25) is 0 Å². The number of aliphatic carboxylic acids is 1. The lowest BCUT2D eigenvalue weighted by atomic mass is 9.78. The van der Waals surface area contributed by atoms with E-state index in [9.17, 15) is 23.1 Å². The smallest absolute Gasteiger partial charge is 0.307 e. The van der Waals surface area contributed by atoms with E-state index in [0.29, 0.717) is 23.5 Å². The zero-order valence-electron chi connectivity index (χ0n) is 16.9. The molecule has 2 aliphatic carbocycles. The van der Waals surface area contributed by atoms with Crippen molar-refractivity contribution >= 4 is 21.9 Å². The number of carboxylic acid groups (broad SMARTS) is 1. The largest absolute Gasteiger partial charge is 0.481 e. The Bertz CT molecular complexity index is 936. The van der Waals surface area contributed by atoms with E-state index in [2.05, 4.69) is 0 Å². The van der Waals surface area contributed by atoms with Crippen LogP contribution in [0.4, 0.5) is 0 Å². The fraction of sp³-hybridized carbons (Fsp3) is 0.619. The minimum absolute atomic E-state index is 0.103. The van der Waals surface area contributed by atoms with Crippen molar-refractivity contribution in [1.82, 2.24) is 9.21 Å². The minimum atomic E-state index is -3.61. The molecule has 0 aromatic heterocycles. The highest BCUT2D eigenvalue weighted by Gasteiger charge is 2.55. The lowest BCUT2D eigenvalue weighted by Gasteiger charge is -2.38. The first kappa shape index (κ1) is 20.3. The first-order valence-electron chi connectivity index (χ1n) is 10.3. The Morgan fingerprint density at radius 3 is 2.24 bits per heavy atom. The molecule has 8 heteroatoms. The molecule has 3 aliphatic rings. The second-order valence-corrected chi connectivity index (χ2v) is 10.6. The van der Waals surface area contributed by atoms with E-state index in [0.717, 1.165) is 24.8 Å². The fourth-order valence-electron chi connectivity index (χ4n) is 5.49. The number of benzene rings is 1. The van der Waals surface area contributed by atoms with Crippen molar-refractivity contribution in [3.05, 3.63) is 29.3 Å². The normalized spacial score (nSPS) is 29.9. The number of carbonyl (C=O) groups is 2. The number of aryl methyl sites for hydroxylation is 2. The van der Waals surface area contributed by atoms with Crippen LogP contribution in [0, 0.1) is 37.5 Å². The molecule has 1 aromatic carbocycles. The van der Waals surface area contributed by atoms with Gasteiger partial charge in [0.1, 0.15) is 0 Å². The topological polar surface area (TPSA) is 95.0 Å². The number of fused-ring (bicyclic) bond motifs is 2. The van der Waals surface area contributed by atoms with Gasteiger partial charge in [-0.3, -0.25) is 9.59 Å². The van der Waals surface area contributed by atoms with Gasteiger partial charge in [0.2, 0.25) is 15.9 Å². The molecule has 4 rings (SSSR count). The summed E-state index contributed by atoms with van der Waals surface area (Å²) >= 11 is 0. The molecule has 4 atom stereocenters. The summed E-state index contributed by atoms with van der Waals surface area (Å²) in [5.74, 6) is -1.74. The lowest BCUT2D eigenvalue weighted by Crippen LogP contribution is -2.53. The van der Waals surface area contributed by atoms with Crippen molar-refractivity contribution in [2.75, 3.05) is 26.2 Å². The van der Waals surface area contributed by atoms with Crippen LogP contribution in [-0.2, 0) is 19.6 Å². The summed E-state index contributed by atoms with van der Waals surface area (Å²) in [6.07, 6.45) is 2.65. The summed E-state index contributed by atoms with van der Waals surface area (Å²) < 4.78 is 27.6. The molecule has 0 radical (unpaired) electrons. The Morgan fingerprint density at radius 2 is 1.62 bits per heavy atom. The Labute approximate surface area is 171 Å². The molecule has 1 aliphatic heterocycles. The molecule has 2 bridgehead atoms. The van der Waals surface area contributed by atoms with Crippen LogP contribution in [0.3, 0.4) is 0 Å². The average Bonchev–Trinajstić information content (AvgIpc) is 3.31. The molecule has 1 N–H and O–H groups in total. The number of amides is 1. The van der Waals surface area contributed by atoms with Crippen molar-refractivity contribution in [3.8, 4) is 0 Å². The molecule has 7 nitrogen and oxygen atoms in total. The molecule has 1 heterocycles. The number of carboxylic acids is 1. The molecular weight excluding hydrogens is 392 g/mol. The van der Waals surface area contributed by atoms with E-state index in [4.69, 9.17) is 0 Å². The molecule has 1 aromatic rings. The quantitative estimate of drug-likeness (QED) is 0.803. The standard InChI is InChI=1S/C21H28N2O5S/c1-13-3-4-14(2)17(11-13)29(27,28)23-9-7-22(8-10-23)20(24)18-15-5-6-16(12-15)19(18)21(25)26/h3-4,11,15-16,18-19H,5-10,12H2,1-2H3,(H,25,26)/t15-,16-,18-,19+/m0/s1. The van der Waals surface area contributed by atoms with Gasteiger partial charge in [0, 0.05) is 26.2 Å². The van der Waals surface area contributed by atoms with Gasteiger partial charge in [-0.1, -0.05) is 12.1 Å². The number of carbonyl (C=O) groups excluding carboxylic acids is 1. The van der Waals surface area contributed by atoms with Crippen molar-refractivity contribution in [3.63, 3.8) is 0 Å². The van der Waals surface area contributed by atoms with E-state index in [1.54, 1.807) is 17.9 Å². The Kier molecular flexibility index (Phi) is 5.19. The van der Waals surface area contributed by atoms with Gasteiger partial charge in [-0.2, -0.15) is 4.31 Å². The third-order valence-corrected chi connectivity index (χ3v) is 9.04. The van der Waals surface area contributed by atoms with Gasteiger partial charge in [-0.15, -0.1) is 0 Å². The van der Waals surface area contributed by atoms with Gasteiger partial charge in [-0.05, 0) is 62.1 Å². The highest BCUT2D eigenvalue weighted by molar-refractivity contribution is 7.89. The summed E-state index contributed by atoms with van der Waals surface area (Å²) in [5, 5.41) is 9.62. The third-order valence-electron chi connectivity index (χ3n) is 7.00. The maximum atomic E-state index is 13.1. The molecule has 158 valence electrons. The van der Waals surface area contributed by atoms with Crippen LogP contribution in [0.1, 0.15) is 30.4 Å². The van der Waals surface area contributed by atoms with Crippen LogP contribution in [0.15, 0.2) is 23.1 Å². The van der Waals surface area contributed by atoms with E-state index < -0.39 is 27.8 Å². The molecule has 29 heavy (non-hydrogen) atoms. The second-order valence-electron chi connectivity index (χ2n) is 8.72. The highest BCUT2D eigenvalue weighted by Crippen LogP contribution is 2.53. The number of rotatable bonds is 4. The van der Waals surface area contributed by atoms with E-state index in [1.807, 2.05) is 19.1 Å². The molecule has 1 saturated heterocycles. The van der Waals surface area contributed by atoms with Gasteiger partial charge >= 0.3 is 5.97 Å². The summed E-state index contributed by atoms with van der Waals surface area (Å²) in [7, 11) is -3.61. The minimum Gasteiger partial charge on any atom is -0.481 e. The first-order valence-corrected chi connectivity index (χ1v) is 11.7. The van der Waals surface area contributed by atoms with Crippen LogP contribution in [-0.4, -0.2) is 60.8 Å². The van der Waals surface area contributed by atoms with E-state index in [-0.39, 0.29) is 30.8 Å². The number of hydrogen-bond donors (Lipinski definition) is 1. The summed E-state index contributed by atoms with van der Waals surface area (Å²) in [6, 6.07) is 5.39. The predicted molar refractivity (Wildman–Crippen MR) is 107 cm³/mol. The van der Waals surface area contributed by atoms with Crippen LogP contribution >= 0.6 is 0 Å². The summed E-state index contributed by atoms with van der Waals surface area (Å²) in [4.78, 5) is 26.8. The molecule has 3 fully saturated rings. The van der Waals surface area contributed by atoms with Crippen LogP contribution in [0.25, 0.3) is 0 Å². The first-order chi connectivity index (χ1) is 13.7. The van der Waals surface area contributed by atoms with Crippen LogP contribution < -0.4 is 0 Å². The van der Waals surface area contributed by atoms with Gasteiger partial charge in [-0.25, -0.2) is 8.42 Å². The Balaban J connectivity index is 1.46. The third kappa shape index (κ3) is 3.46. The maximum Gasteiger partial charge on any atom is 0.307 e. The molecule has 1 amide bonds. The number of hydrogen-bond acceptors (Lipinski definition) is 4. The van der Waals surface area contributed by atoms with Gasteiger partial charge < -0.3 is 10.0 Å². The van der Waals surface area contributed by atoms with Crippen molar-refractivity contribution in [2.24, 2.45) is 23.7 Å². The average molecular weight is 421 g/mol. The van der Waals surface area contributed by atoms with Crippen molar-refractivity contribution in [1.29, 1.82) is 0 Å². The van der Waals surface area contributed by atoms with E-state index >= 15 is 0 Å². The predicted octanol–water partition coefficient (Wildman–Crippen LogP) is 1.88. The summed E-state index contributed by atoms with van der Waals surface area (Å²) in [6.45, 7) is 4.74. The Morgan fingerprint density at radius 1 is 1.00 bits per heavy atom. The SMILES string of the molecule is Cc1ccc(C)c(S(=O)(=O)N2CCN(C(=O)[C@H]3[C@H]4CC[C@@H](C4)[C@H]3C(=O)O)CC2)c1. The van der Waals surface area contributed by atoms with Gasteiger partial charge in [0.25, 0.3) is 0 Å². The maximum absolute atomic E-state index is 13.1. The fourth-order valence-corrected chi connectivity index (χ4v) is 7.22. The zero-order chi connectivity index (χ0) is 20.9. The van der Waals surface area contributed by atoms with Crippen molar-refractivity contribution in [2.45, 2.75) is 38.0 Å². The van der Waals surface area contributed by atoms with Gasteiger partial charge in [0.05, 0.1) is 16.7 Å². The zero-order valence-corrected chi connectivity index (χ0v) is 17.7. The Hall–Kier alpha value is -1.93. The number of piperazine rings is 1. The number of sulfonamides is 1.